The number of pyridine rings is 2. The van der Waals surface area contributed by atoms with Gasteiger partial charge in [-0.25, -0.2) is 13.8 Å². The van der Waals surface area contributed by atoms with Crippen LogP contribution in [0.25, 0.3) is 0 Å². The van der Waals surface area contributed by atoms with Crippen LogP contribution in [0.2, 0.25) is 0 Å². The molecule has 1 atom stereocenters. The van der Waals surface area contributed by atoms with Crippen LogP contribution < -0.4 is 15.8 Å². The number of hydrogen-bond acceptors (Lipinski definition) is 4. The van der Waals surface area contributed by atoms with Crippen molar-refractivity contribution in [2.45, 2.75) is 32.2 Å². The molecule has 1 amide bonds. The first-order valence-corrected chi connectivity index (χ1v) is 10.4. The van der Waals surface area contributed by atoms with Crippen molar-refractivity contribution < 1.29 is 26.7 Å². The van der Waals surface area contributed by atoms with E-state index >= 15 is 0 Å². The van der Waals surface area contributed by atoms with Crippen LogP contribution in [-0.4, -0.2) is 15.5 Å². The molecule has 0 saturated carbocycles. The van der Waals surface area contributed by atoms with Crippen LogP contribution in [0.4, 0.5) is 33.3 Å². The van der Waals surface area contributed by atoms with E-state index in [1.54, 1.807) is 6.92 Å². The van der Waals surface area contributed by atoms with E-state index in [1.807, 2.05) is 0 Å². The zero-order chi connectivity index (χ0) is 24.9. The highest BCUT2D eigenvalue weighted by atomic mass is 35.5. The van der Waals surface area contributed by atoms with Crippen LogP contribution >= 0.6 is 11.6 Å². The summed E-state index contributed by atoms with van der Waals surface area (Å²) in [7, 11) is 0. The third kappa shape index (κ3) is 3.79. The standard InChI is InChI=1S/C22H16ClF5N4O2/c1-10-15(5-4-14(24)19(10)25)32-16-8-29-17(22(26,27)28)7-13(16)21(34)30-20(32)12-3-6-18(33)31(9-23)11(12)2/h3-8,20H,9H2,1-2H3,(H,30,34). The molecule has 6 nitrogen and oxygen atoms in total. The van der Waals surface area contributed by atoms with Gasteiger partial charge in [0.1, 0.15) is 17.9 Å². The summed E-state index contributed by atoms with van der Waals surface area (Å²) in [6.45, 7) is 2.87. The van der Waals surface area contributed by atoms with Gasteiger partial charge in [0.2, 0.25) is 0 Å². The molecule has 2 aromatic heterocycles. The predicted octanol–water partition coefficient (Wildman–Crippen LogP) is 4.93. The fourth-order valence-electron chi connectivity index (χ4n) is 3.90. The largest absolute Gasteiger partial charge is 0.433 e. The molecule has 12 heteroatoms. The number of aromatic nitrogens is 2. The molecule has 0 saturated heterocycles. The quantitative estimate of drug-likeness (QED) is 0.410. The Labute approximate surface area is 194 Å². The second-order valence-electron chi connectivity index (χ2n) is 7.60. The zero-order valence-corrected chi connectivity index (χ0v) is 18.4. The average Bonchev–Trinajstić information content (AvgIpc) is 2.78. The minimum atomic E-state index is -4.80. The number of benzene rings is 1. The maximum Gasteiger partial charge on any atom is 0.433 e. The zero-order valence-electron chi connectivity index (χ0n) is 17.7. The highest BCUT2D eigenvalue weighted by Gasteiger charge is 2.39. The summed E-state index contributed by atoms with van der Waals surface area (Å²) in [4.78, 5) is 29.9. The maximum absolute atomic E-state index is 14.5. The van der Waals surface area contributed by atoms with Crippen LogP contribution in [0.5, 0.6) is 0 Å². The summed E-state index contributed by atoms with van der Waals surface area (Å²) >= 11 is 5.89. The number of fused-ring (bicyclic) bond motifs is 1. The van der Waals surface area contributed by atoms with Gasteiger partial charge in [-0.3, -0.25) is 14.2 Å². The molecular formula is C22H16ClF5N4O2. The van der Waals surface area contributed by atoms with Crippen LogP contribution in [0, 0.1) is 25.5 Å². The Morgan fingerprint density at radius 2 is 1.79 bits per heavy atom. The number of alkyl halides is 4. The van der Waals surface area contributed by atoms with Crippen molar-refractivity contribution >= 4 is 28.9 Å². The Hall–Kier alpha value is -3.47. The van der Waals surface area contributed by atoms with Gasteiger partial charge < -0.3 is 10.2 Å². The first kappa shape index (κ1) is 23.7. The smallest absolute Gasteiger partial charge is 0.327 e. The van der Waals surface area contributed by atoms with Crippen LogP contribution in [-0.2, 0) is 12.2 Å². The normalized spacial score (nSPS) is 15.8. The van der Waals surface area contributed by atoms with Crippen molar-refractivity contribution in [3.05, 3.63) is 86.6 Å². The molecule has 1 N–H and O–H groups in total. The minimum absolute atomic E-state index is 0.0566. The monoisotopic (exact) mass is 498 g/mol. The number of amides is 1. The first-order valence-electron chi connectivity index (χ1n) is 9.84. The van der Waals surface area contributed by atoms with Gasteiger partial charge in [-0.1, -0.05) is 0 Å². The summed E-state index contributed by atoms with van der Waals surface area (Å²) < 4.78 is 69.3. The lowest BCUT2D eigenvalue weighted by molar-refractivity contribution is -0.141. The molecule has 0 radical (unpaired) electrons. The Kier molecular flexibility index (Phi) is 5.84. The fourth-order valence-corrected chi connectivity index (χ4v) is 4.20. The SMILES string of the molecule is Cc1c(N2c3cnc(C(F)(F)F)cc3C(=O)NC2c2ccc(=O)n(CCl)c2C)ccc(F)c1F. The van der Waals surface area contributed by atoms with Gasteiger partial charge in [-0.15, -0.1) is 11.6 Å². The van der Waals surface area contributed by atoms with Gasteiger partial charge >= 0.3 is 6.18 Å². The van der Waals surface area contributed by atoms with E-state index < -0.39 is 41.1 Å². The molecule has 0 bridgehead atoms. The third-order valence-corrected chi connectivity index (χ3v) is 5.92. The van der Waals surface area contributed by atoms with Crippen molar-refractivity contribution in [1.29, 1.82) is 0 Å². The number of halogens is 6. The van der Waals surface area contributed by atoms with Gasteiger partial charge in [0, 0.05) is 28.6 Å². The van der Waals surface area contributed by atoms with E-state index in [1.165, 1.54) is 34.6 Å². The molecule has 1 aliphatic rings. The van der Waals surface area contributed by atoms with Gasteiger partial charge in [-0.05, 0) is 38.1 Å². The van der Waals surface area contributed by atoms with Crippen LogP contribution in [0.1, 0.15) is 39.0 Å². The van der Waals surface area contributed by atoms with E-state index in [0.29, 0.717) is 17.3 Å². The minimum Gasteiger partial charge on any atom is -0.327 e. The van der Waals surface area contributed by atoms with E-state index in [9.17, 15) is 31.5 Å². The van der Waals surface area contributed by atoms with E-state index in [-0.39, 0.29) is 28.5 Å². The second-order valence-corrected chi connectivity index (χ2v) is 7.83. The molecule has 4 rings (SSSR count). The van der Waals surface area contributed by atoms with Crippen LogP contribution in [0.15, 0.2) is 41.3 Å². The lowest BCUT2D eigenvalue weighted by atomic mass is 10.0. The van der Waals surface area contributed by atoms with Crippen molar-refractivity contribution in [3.63, 3.8) is 0 Å². The molecule has 1 aromatic carbocycles. The first-order chi connectivity index (χ1) is 16.0. The van der Waals surface area contributed by atoms with Crippen molar-refractivity contribution in [1.82, 2.24) is 14.9 Å². The molecule has 0 spiro atoms. The molecule has 3 aromatic rings. The Bertz CT molecular complexity index is 1370. The Morgan fingerprint density at radius 3 is 2.44 bits per heavy atom. The third-order valence-electron chi connectivity index (χ3n) is 5.68. The molecule has 34 heavy (non-hydrogen) atoms. The predicted molar refractivity (Wildman–Crippen MR) is 114 cm³/mol. The van der Waals surface area contributed by atoms with Crippen molar-refractivity contribution in [2.24, 2.45) is 0 Å². The molecule has 0 fully saturated rings. The van der Waals surface area contributed by atoms with Gasteiger partial charge in [0.05, 0.1) is 17.4 Å². The lowest BCUT2D eigenvalue weighted by Gasteiger charge is -2.40. The number of rotatable bonds is 3. The summed E-state index contributed by atoms with van der Waals surface area (Å²) in [5.74, 6) is -3.11. The topological polar surface area (TPSA) is 67.2 Å². The highest BCUT2D eigenvalue weighted by molar-refractivity contribution is 6.15. The summed E-state index contributed by atoms with van der Waals surface area (Å²) in [5, 5.41) is 2.61. The number of nitrogens with zero attached hydrogens (tertiary/aromatic N) is 3. The molecule has 1 aliphatic heterocycles. The highest BCUT2D eigenvalue weighted by Crippen LogP contribution is 2.43. The van der Waals surface area contributed by atoms with Gasteiger partial charge in [-0.2, -0.15) is 13.2 Å². The van der Waals surface area contributed by atoms with Crippen LogP contribution in [0.3, 0.4) is 0 Å². The number of anilines is 2. The molecule has 0 aliphatic carbocycles. The summed E-state index contributed by atoms with van der Waals surface area (Å²) in [5.41, 5.74) is -1.45. The molecule has 3 heterocycles. The summed E-state index contributed by atoms with van der Waals surface area (Å²) in [6, 6.07) is 5.15. The lowest BCUT2D eigenvalue weighted by Crippen LogP contribution is -2.45. The maximum atomic E-state index is 14.5. The molecular weight excluding hydrogens is 483 g/mol. The number of hydrogen-bond donors (Lipinski definition) is 1. The van der Waals surface area contributed by atoms with Crippen molar-refractivity contribution in [2.75, 3.05) is 4.90 Å². The number of nitrogens with one attached hydrogen (secondary N) is 1. The molecule has 1 unspecified atom stereocenters. The molecule has 178 valence electrons. The Morgan fingerprint density at radius 1 is 1.09 bits per heavy atom. The van der Waals surface area contributed by atoms with Crippen molar-refractivity contribution in [3.8, 4) is 0 Å². The van der Waals surface area contributed by atoms with E-state index in [0.717, 1.165) is 12.3 Å². The van der Waals surface area contributed by atoms with Gasteiger partial charge in [0.15, 0.2) is 11.6 Å². The number of carbonyl (C=O) groups excluding carboxylic acids is 1. The summed E-state index contributed by atoms with van der Waals surface area (Å²) in [6.07, 6.45) is -5.05. The van der Waals surface area contributed by atoms with Gasteiger partial charge in [0.25, 0.3) is 11.5 Å². The fraction of sp³-hybridized carbons (Fsp3) is 0.227. The van der Waals surface area contributed by atoms with E-state index in [4.69, 9.17) is 11.6 Å². The number of carbonyl (C=O) groups is 1. The second kappa shape index (κ2) is 8.39. The van der Waals surface area contributed by atoms with E-state index in [2.05, 4.69) is 10.3 Å². The Balaban J connectivity index is 2.01. The average molecular weight is 499 g/mol.